The molecule has 0 radical (unpaired) electrons. The van der Waals surface area contributed by atoms with Crippen LogP contribution in [0.5, 0.6) is 0 Å². The zero-order valence-electron chi connectivity index (χ0n) is 20.2. The Balaban J connectivity index is 1.60. The van der Waals surface area contributed by atoms with Crippen molar-refractivity contribution in [1.29, 1.82) is 0 Å². The first-order valence-electron chi connectivity index (χ1n) is 11.7. The van der Waals surface area contributed by atoms with Crippen molar-refractivity contribution in [2.75, 3.05) is 12.4 Å². The fraction of sp³-hybridized carbons (Fsp3) is 0.520. The van der Waals surface area contributed by atoms with Gasteiger partial charge in [-0.2, -0.15) is 5.10 Å². The number of hydrogen-bond donors (Lipinski definition) is 2. The van der Waals surface area contributed by atoms with Gasteiger partial charge in [-0.05, 0) is 51.7 Å². The van der Waals surface area contributed by atoms with Crippen molar-refractivity contribution in [2.45, 2.75) is 72.1 Å². The standard InChI is InChI=1S/C25H34N6O2/c1-15(2)25(32)27-19-10-8-18(9-11-19)26-23-22-17(4)30-31(20-12-6-16(3)7-13-20)24(22)29-21(28-23)14-33-5/h6-7,12-13,15,18-19H,8-11,14H2,1-5H3,(H,27,32)(H,26,28,29). The summed E-state index contributed by atoms with van der Waals surface area (Å²) in [5, 5.41) is 12.6. The van der Waals surface area contributed by atoms with Crippen molar-refractivity contribution in [3.8, 4) is 5.69 Å². The van der Waals surface area contributed by atoms with E-state index in [4.69, 9.17) is 19.8 Å². The van der Waals surface area contributed by atoms with Crippen LogP contribution in [-0.4, -0.2) is 44.8 Å². The monoisotopic (exact) mass is 450 g/mol. The third-order valence-corrected chi connectivity index (χ3v) is 6.24. The summed E-state index contributed by atoms with van der Waals surface area (Å²) in [4.78, 5) is 21.6. The Hall–Kier alpha value is -3.00. The number of fused-ring (bicyclic) bond motifs is 1. The Morgan fingerprint density at radius 2 is 1.76 bits per heavy atom. The van der Waals surface area contributed by atoms with Crippen molar-refractivity contribution in [3.05, 3.63) is 41.3 Å². The van der Waals surface area contributed by atoms with Crippen LogP contribution in [0, 0.1) is 19.8 Å². The van der Waals surface area contributed by atoms with Crippen molar-refractivity contribution in [1.82, 2.24) is 25.1 Å². The molecule has 0 saturated heterocycles. The number of nitrogens with one attached hydrogen (secondary N) is 2. The van der Waals surface area contributed by atoms with E-state index in [2.05, 4.69) is 41.8 Å². The van der Waals surface area contributed by atoms with E-state index in [1.54, 1.807) is 7.11 Å². The molecule has 0 bridgehead atoms. The molecular formula is C25H34N6O2. The number of benzene rings is 1. The number of carbonyl (C=O) groups excluding carboxylic acids is 1. The predicted octanol–water partition coefficient (Wildman–Crippen LogP) is 4.07. The molecule has 0 unspecified atom stereocenters. The summed E-state index contributed by atoms with van der Waals surface area (Å²) in [5.41, 5.74) is 3.83. The largest absolute Gasteiger partial charge is 0.377 e. The first kappa shape index (κ1) is 23.2. The molecule has 1 saturated carbocycles. The molecule has 4 rings (SSSR count). The molecule has 1 fully saturated rings. The number of anilines is 1. The summed E-state index contributed by atoms with van der Waals surface area (Å²) in [5.74, 6) is 1.57. The van der Waals surface area contributed by atoms with Crippen LogP contribution in [-0.2, 0) is 16.1 Å². The molecule has 8 heteroatoms. The van der Waals surface area contributed by atoms with Crippen molar-refractivity contribution >= 4 is 22.8 Å². The van der Waals surface area contributed by atoms with Gasteiger partial charge < -0.3 is 15.4 Å². The van der Waals surface area contributed by atoms with Gasteiger partial charge in [0.05, 0.1) is 16.8 Å². The molecule has 8 nitrogen and oxygen atoms in total. The van der Waals surface area contributed by atoms with Crippen LogP contribution in [0.15, 0.2) is 24.3 Å². The van der Waals surface area contributed by atoms with E-state index in [0.29, 0.717) is 12.4 Å². The molecule has 3 aromatic rings. The van der Waals surface area contributed by atoms with Crippen LogP contribution < -0.4 is 10.6 Å². The number of carbonyl (C=O) groups is 1. The van der Waals surface area contributed by atoms with Gasteiger partial charge in [0.15, 0.2) is 11.5 Å². The molecule has 1 aliphatic rings. The van der Waals surface area contributed by atoms with Crippen LogP contribution in [0.4, 0.5) is 5.82 Å². The molecule has 1 aromatic carbocycles. The molecule has 1 aliphatic carbocycles. The zero-order chi connectivity index (χ0) is 23.5. The second-order valence-electron chi connectivity index (χ2n) is 9.31. The van der Waals surface area contributed by atoms with E-state index in [1.807, 2.05) is 25.5 Å². The Bertz CT molecular complexity index is 1110. The quantitative estimate of drug-likeness (QED) is 0.563. The number of amides is 1. The Morgan fingerprint density at radius 1 is 1.09 bits per heavy atom. The summed E-state index contributed by atoms with van der Waals surface area (Å²) >= 11 is 0. The summed E-state index contributed by atoms with van der Waals surface area (Å²) < 4.78 is 7.22. The molecule has 0 atom stereocenters. The van der Waals surface area contributed by atoms with E-state index in [1.165, 1.54) is 5.56 Å². The van der Waals surface area contributed by atoms with Gasteiger partial charge in [-0.3, -0.25) is 4.79 Å². The molecule has 2 aromatic heterocycles. The van der Waals surface area contributed by atoms with Gasteiger partial charge >= 0.3 is 0 Å². The van der Waals surface area contributed by atoms with Crippen LogP contribution in [0.25, 0.3) is 16.7 Å². The predicted molar refractivity (Wildman–Crippen MR) is 129 cm³/mol. The fourth-order valence-electron chi connectivity index (χ4n) is 4.34. The number of methoxy groups -OCH3 is 1. The van der Waals surface area contributed by atoms with E-state index < -0.39 is 0 Å². The molecule has 2 N–H and O–H groups in total. The summed E-state index contributed by atoms with van der Waals surface area (Å²) in [6.07, 6.45) is 3.85. The maximum Gasteiger partial charge on any atom is 0.222 e. The van der Waals surface area contributed by atoms with E-state index >= 15 is 0 Å². The summed E-state index contributed by atoms with van der Waals surface area (Å²) in [6.45, 7) is 8.26. The first-order valence-corrected chi connectivity index (χ1v) is 11.7. The van der Waals surface area contributed by atoms with Crippen LogP contribution in [0.3, 0.4) is 0 Å². The Kier molecular flexibility index (Phi) is 6.93. The van der Waals surface area contributed by atoms with Crippen molar-refractivity contribution in [3.63, 3.8) is 0 Å². The fourth-order valence-corrected chi connectivity index (χ4v) is 4.34. The number of aryl methyl sites for hydroxylation is 2. The molecule has 0 aliphatic heterocycles. The number of rotatable bonds is 7. The zero-order valence-corrected chi connectivity index (χ0v) is 20.2. The van der Waals surface area contributed by atoms with Gasteiger partial charge in [-0.15, -0.1) is 0 Å². The molecular weight excluding hydrogens is 416 g/mol. The summed E-state index contributed by atoms with van der Waals surface area (Å²) in [6, 6.07) is 8.79. The van der Waals surface area contributed by atoms with Gasteiger partial charge in [0.2, 0.25) is 5.91 Å². The van der Waals surface area contributed by atoms with Crippen molar-refractivity contribution in [2.24, 2.45) is 5.92 Å². The van der Waals surface area contributed by atoms with Crippen LogP contribution in [0.1, 0.15) is 56.6 Å². The number of nitrogens with zero attached hydrogens (tertiary/aromatic N) is 4. The van der Waals surface area contributed by atoms with Gasteiger partial charge in [0.1, 0.15) is 12.4 Å². The normalized spacial score (nSPS) is 18.6. The molecule has 33 heavy (non-hydrogen) atoms. The maximum absolute atomic E-state index is 12.0. The highest BCUT2D eigenvalue weighted by molar-refractivity contribution is 5.90. The molecule has 1 amide bonds. The molecule has 176 valence electrons. The minimum Gasteiger partial charge on any atom is -0.377 e. The maximum atomic E-state index is 12.0. The van der Waals surface area contributed by atoms with Gasteiger partial charge in [0.25, 0.3) is 0 Å². The van der Waals surface area contributed by atoms with Crippen molar-refractivity contribution < 1.29 is 9.53 Å². The highest BCUT2D eigenvalue weighted by Gasteiger charge is 2.25. The SMILES string of the molecule is COCc1nc(NC2CCC(NC(=O)C(C)C)CC2)c2c(C)nn(-c3ccc(C)cc3)c2n1. The number of hydrogen-bond acceptors (Lipinski definition) is 6. The average molecular weight is 451 g/mol. The molecule has 2 heterocycles. The second kappa shape index (κ2) is 9.87. The van der Waals surface area contributed by atoms with Crippen LogP contribution >= 0.6 is 0 Å². The van der Waals surface area contributed by atoms with Gasteiger partial charge in [0, 0.05) is 25.1 Å². The lowest BCUT2D eigenvalue weighted by molar-refractivity contribution is -0.124. The van der Waals surface area contributed by atoms with Crippen LogP contribution in [0.2, 0.25) is 0 Å². The summed E-state index contributed by atoms with van der Waals surface area (Å²) in [7, 11) is 1.65. The lowest BCUT2D eigenvalue weighted by Crippen LogP contribution is -2.41. The average Bonchev–Trinajstić information content (AvgIpc) is 3.12. The van der Waals surface area contributed by atoms with E-state index in [0.717, 1.165) is 53.9 Å². The third-order valence-electron chi connectivity index (χ3n) is 6.24. The minimum atomic E-state index is 0.0161. The van der Waals surface area contributed by atoms with Gasteiger partial charge in [-0.1, -0.05) is 31.5 Å². The lowest BCUT2D eigenvalue weighted by atomic mass is 9.90. The van der Waals surface area contributed by atoms with E-state index in [-0.39, 0.29) is 23.9 Å². The minimum absolute atomic E-state index is 0.0161. The Labute approximate surface area is 195 Å². The number of ether oxygens (including phenoxy) is 1. The number of aromatic nitrogens is 4. The topological polar surface area (TPSA) is 94.0 Å². The third kappa shape index (κ3) is 5.16. The highest BCUT2D eigenvalue weighted by Crippen LogP contribution is 2.29. The van der Waals surface area contributed by atoms with E-state index in [9.17, 15) is 4.79 Å². The lowest BCUT2D eigenvalue weighted by Gasteiger charge is -2.30. The Morgan fingerprint density at radius 3 is 2.39 bits per heavy atom. The first-order chi connectivity index (χ1) is 15.9. The van der Waals surface area contributed by atoms with Gasteiger partial charge in [-0.25, -0.2) is 14.6 Å². The second-order valence-corrected chi connectivity index (χ2v) is 9.31. The smallest absolute Gasteiger partial charge is 0.222 e. The highest BCUT2D eigenvalue weighted by atomic mass is 16.5. The molecule has 0 spiro atoms.